The van der Waals surface area contributed by atoms with Crippen molar-refractivity contribution in [2.45, 2.75) is 33.0 Å². The molecule has 0 aliphatic carbocycles. The van der Waals surface area contributed by atoms with E-state index in [1.165, 1.54) is 6.07 Å². The van der Waals surface area contributed by atoms with Gasteiger partial charge in [-0.1, -0.05) is 6.07 Å². The quantitative estimate of drug-likeness (QED) is 0.800. The molecule has 7 heteroatoms. The van der Waals surface area contributed by atoms with Gasteiger partial charge < -0.3 is 20.5 Å². The van der Waals surface area contributed by atoms with Gasteiger partial charge in [-0.25, -0.2) is 0 Å². The molecule has 0 aliphatic heterocycles. The molecule has 1 aromatic carbocycles. The highest BCUT2D eigenvalue weighted by molar-refractivity contribution is 5.80. The number of amides is 1. The van der Waals surface area contributed by atoms with Gasteiger partial charge in [-0.15, -0.1) is 0 Å². The first-order chi connectivity index (χ1) is 9.43. The van der Waals surface area contributed by atoms with E-state index in [4.69, 9.17) is 10.5 Å². The fourth-order valence-corrected chi connectivity index (χ4v) is 1.47. The summed E-state index contributed by atoms with van der Waals surface area (Å²) in [7, 11) is 0. The monoisotopic (exact) mass is 288 g/mol. The van der Waals surface area contributed by atoms with Crippen LogP contribution in [0.1, 0.15) is 19.4 Å². The Morgan fingerprint density at radius 3 is 2.65 bits per heavy atom. The van der Waals surface area contributed by atoms with Gasteiger partial charge in [0.1, 0.15) is 0 Å². The number of alkyl halides is 2. The molecule has 0 saturated heterocycles. The Morgan fingerprint density at radius 1 is 1.40 bits per heavy atom. The molecular formula is C13H18F2N2O3. The van der Waals surface area contributed by atoms with Gasteiger partial charge >= 0.3 is 6.61 Å². The average molecular weight is 288 g/mol. The molecule has 0 radical (unpaired) electrons. The molecule has 1 amide bonds. The number of nitrogens with two attached hydrogens (primary N) is 1. The Bertz CT molecular complexity index is 453. The number of hydrogen-bond donors (Lipinski definition) is 2. The molecule has 5 nitrogen and oxygen atoms in total. The summed E-state index contributed by atoms with van der Waals surface area (Å²) in [6.07, 6.45) is 0. The lowest BCUT2D eigenvalue weighted by Gasteiger charge is -2.13. The second-order valence-electron chi connectivity index (χ2n) is 4.10. The maximum Gasteiger partial charge on any atom is 0.387 e. The number of halogens is 2. The first kappa shape index (κ1) is 16.2. The number of ether oxygens (including phenoxy) is 2. The molecule has 20 heavy (non-hydrogen) atoms. The topological polar surface area (TPSA) is 73.6 Å². The molecule has 3 N–H and O–H groups in total. The maximum atomic E-state index is 12.2. The minimum Gasteiger partial charge on any atom is -0.490 e. The van der Waals surface area contributed by atoms with E-state index < -0.39 is 12.7 Å². The van der Waals surface area contributed by atoms with E-state index in [2.05, 4.69) is 10.1 Å². The summed E-state index contributed by atoms with van der Waals surface area (Å²) in [4.78, 5) is 11.3. The normalized spacial score (nSPS) is 12.1. The van der Waals surface area contributed by atoms with E-state index in [-0.39, 0.29) is 24.0 Å². The van der Waals surface area contributed by atoms with Gasteiger partial charge in [-0.2, -0.15) is 8.78 Å². The van der Waals surface area contributed by atoms with Gasteiger partial charge in [0, 0.05) is 6.54 Å². The highest BCUT2D eigenvalue weighted by Crippen LogP contribution is 2.29. The predicted molar refractivity (Wildman–Crippen MR) is 69.7 cm³/mol. The molecular weight excluding hydrogens is 270 g/mol. The Balaban J connectivity index is 2.78. The highest BCUT2D eigenvalue weighted by Gasteiger charge is 2.12. The minimum atomic E-state index is -2.92. The van der Waals surface area contributed by atoms with Gasteiger partial charge in [0.15, 0.2) is 11.5 Å². The van der Waals surface area contributed by atoms with Crippen LogP contribution in [0.3, 0.4) is 0 Å². The fourth-order valence-electron chi connectivity index (χ4n) is 1.47. The van der Waals surface area contributed by atoms with Crippen LogP contribution in [-0.4, -0.2) is 25.2 Å². The Kier molecular flexibility index (Phi) is 6.17. The SMILES string of the molecule is CCOc1cc(CNC(=O)[C@H](C)N)ccc1OC(F)F. The van der Waals surface area contributed by atoms with E-state index in [0.717, 1.165) is 0 Å². The molecule has 0 fully saturated rings. The van der Waals surface area contributed by atoms with Crippen LogP contribution in [0.5, 0.6) is 11.5 Å². The zero-order valence-corrected chi connectivity index (χ0v) is 11.4. The number of carbonyl (C=O) groups excluding carboxylic acids is 1. The summed E-state index contributed by atoms with van der Waals surface area (Å²) in [5, 5.41) is 2.62. The van der Waals surface area contributed by atoms with E-state index in [0.29, 0.717) is 12.2 Å². The third kappa shape index (κ3) is 5.00. The Hall–Kier alpha value is -1.89. The summed E-state index contributed by atoms with van der Waals surface area (Å²) in [6, 6.07) is 3.89. The Labute approximate surface area is 116 Å². The van der Waals surface area contributed by atoms with E-state index in [1.54, 1.807) is 26.0 Å². The zero-order chi connectivity index (χ0) is 15.1. The summed E-state index contributed by atoms with van der Waals surface area (Å²) in [5.74, 6) is -0.125. The second kappa shape index (κ2) is 7.64. The molecule has 1 rings (SSSR count). The predicted octanol–water partition coefficient (Wildman–Crippen LogP) is 1.65. The molecule has 0 aliphatic rings. The van der Waals surface area contributed by atoms with Crippen molar-refractivity contribution in [1.29, 1.82) is 0 Å². The lowest BCUT2D eigenvalue weighted by Crippen LogP contribution is -2.37. The van der Waals surface area contributed by atoms with Gasteiger partial charge in [0.25, 0.3) is 0 Å². The third-order valence-electron chi connectivity index (χ3n) is 2.40. The smallest absolute Gasteiger partial charge is 0.387 e. The molecule has 112 valence electrons. The van der Waals surface area contributed by atoms with Crippen LogP contribution < -0.4 is 20.5 Å². The number of nitrogens with one attached hydrogen (secondary N) is 1. The van der Waals surface area contributed by atoms with Gasteiger partial charge in [-0.05, 0) is 31.5 Å². The molecule has 0 aromatic heterocycles. The van der Waals surface area contributed by atoms with Crippen LogP contribution in [0.25, 0.3) is 0 Å². The molecule has 0 unspecified atom stereocenters. The largest absolute Gasteiger partial charge is 0.490 e. The molecule has 0 spiro atoms. The van der Waals surface area contributed by atoms with Crippen molar-refractivity contribution in [3.8, 4) is 11.5 Å². The lowest BCUT2D eigenvalue weighted by molar-refractivity contribution is -0.122. The van der Waals surface area contributed by atoms with Gasteiger partial charge in [-0.3, -0.25) is 4.79 Å². The molecule has 1 aromatic rings. The fraction of sp³-hybridized carbons (Fsp3) is 0.462. The first-order valence-electron chi connectivity index (χ1n) is 6.17. The van der Waals surface area contributed by atoms with Crippen LogP contribution in [0, 0.1) is 0 Å². The van der Waals surface area contributed by atoms with Crippen molar-refractivity contribution in [2.24, 2.45) is 5.73 Å². The van der Waals surface area contributed by atoms with Gasteiger partial charge in [0.05, 0.1) is 12.6 Å². The van der Waals surface area contributed by atoms with Crippen LogP contribution in [0.2, 0.25) is 0 Å². The lowest BCUT2D eigenvalue weighted by atomic mass is 10.2. The first-order valence-corrected chi connectivity index (χ1v) is 6.17. The Morgan fingerprint density at radius 2 is 2.10 bits per heavy atom. The number of benzene rings is 1. The standard InChI is InChI=1S/C13H18F2N2O3/c1-3-19-11-6-9(7-17-12(18)8(2)16)4-5-10(11)20-13(14)15/h4-6,8,13H,3,7,16H2,1-2H3,(H,17,18)/t8-/m0/s1. The zero-order valence-electron chi connectivity index (χ0n) is 11.4. The maximum absolute atomic E-state index is 12.2. The summed E-state index contributed by atoms with van der Waals surface area (Å²) < 4.78 is 34.1. The van der Waals surface area contributed by atoms with E-state index in [9.17, 15) is 13.6 Å². The summed E-state index contributed by atoms with van der Waals surface area (Å²) in [5.41, 5.74) is 6.11. The molecule has 1 atom stereocenters. The van der Waals surface area contributed by atoms with Crippen molar-refractivity contribution in [1.82, 2.24) is 5.32 Å². The minimum absolute atomic E-state index is 0.0379. The highest BCUT2D eigenvalue weighted by atomic mass is 19.3. The third-order valence-corrected chi connectivity index (χ3v) is 2.40. The molecule has 0 saturated carbocycles. The number of carbonyl (C=O) groups is 1. The summed E-state index contributed by atoms with van der Waals surface area (Å²) >= 11 is 0. The van der Waals surface area contributed by atoms with Crippen molar-refractivity contribution in [3.05, 3.63) is 23.8 Å². The average Bonchev–Trinajstić information content (AvgIpc) is 2.38. The summed E-state index contributed by atoms with van der Waals surface area (Å²) in [6.45, 7) is 0.930. The van der Waals surface area contributed by atoms with Crippen molar-refractivity contribution in [2.75, 3.05) is 6.61 Å². The van der Waals surface area contributed by atoms with Gasteiger partial charge in [0.2, 0.25) is 5.91 Å². The van der Waals surface area contributed by atoms with E-state index >= 15 is 0 Å². The van der Waals surface area contributed by atoms with Crippen LogP contribution in [-0.2, 0) is 11.3 Å². The van der Waals surface area contributed by atoms with Crippen LogP contribution in [0.15, 0.2) is 18.2 Å². The van der Waals surface area contributed by atoms with Crippen molar-refractivity contribution >= 4 is 5.91 Å². The van der Waals surface area contributed by atoms with Crippen molar-refractivity contribution < 1.29 is 23.0 Å². The number of rotatable bonds is 7. The van der Waals surface area contributed by atoms with Crippen LogP contribution in [0.4, 0.5) is 8.78 Å². The number of hydrogen-bond acceptors (Lipinski definition) is 4. The van der Waals surface area contributed by atoms with Crippen molar-refractivity contribution in [3.63, 3.8) is 0 Å². The molecule has 0 heterocycles. The second-order valence-corrected chi connectivity index (χ2v) is 4.10. The molecule has 0 bridgehead atoms. The van der Waals surface area contributed by atoms with E-state index in [1.807, 2.05) is 0 Å². The van der Waals surface area contributed by atoms with Crippen LogP contribution >= 0.6 is 0 Å².